The summed E-state index contributed by atoms with van der Waals surface area (Å²) in [4.78, 5) is 12.2. The van der Waals surface area contributed by atoms with E-state index in [2.05, 4.69) is 24.4 Å². The topological polar surface area (TPSA) is 47.6 Å². The standard InChI is InChI=1S/C19H23NO3/c1-14(16-9-5-4-6-10-16)13-20-19(21)15(2)23-18-12-8-7-11-17(18)22-3/h4-12,14-15H,13H2,1-3H3,(H,20,21)/t14-,15-/m0/s1. The van der Waals surface area contributed by atoms with Gasteiger partial charge in [0.05, 0.1) is 7.11 Å². The molecule has 0 aromatic heterocycles. The molecule has 2 aromatic rings. The summed E-state index contributed by atoms with van der Waals surface area (Å²) < 4.78 is 10.9. The Hall–Kier alpha value is -2.49. The van der Waals surface area contributed by atoms with E-state index in [1.165, 1.54) is 5.56 Å². The Labute approximate surface area is 137 Å². The summed E-state index contributed by atoms with van der Waals surface area (Å²) in [5, 5.41) is 2.93. The minimum absolute atomic E-state index is 0.140. The molecule has 0 saturated carbocycles. The van der Waals surface area contributed by atoms with Crippen molar-refractivity contribution in [1.82, 2.24) is 5.32 Å². The molecule has 2 aromatic carbocycles. The van der Waals surface area contributed by atoms with Gasteiger partial charge < -0.3 is 14.8 Å². The quantitative estimate of drug-likeness (QED) is 0.852. The predicted octanol–water partition coefficient (Wildman–Crippen LogP) is 3.38. The van der Waals surface area contributed by atoms with Gasteiger partial charge in [0.15, 0.2) is 17.6 Å². The van der Waals surface area contributed by atoms with Gasteiger partial charge in [0.25, 0.3) is 5.91 Å². The lowest BCUT2D eigenvalue weighted by molar-refractivity contribution is -0.127. The minimum atomic E-state index is -0.589. The highest BCUT2D eigenvalue weighted by Crippen LogP contribution is 2.26. The average molecular weight is 313 g/mol. The number of rotatable bonds is 7. The van der Waals surface area contributed by atoms with Gasteiger partial charge in [-0.1, -0.05) is 49.4 Å². The number of hydrogen-bond acceptors (Lipinski definition) is 3. The number of carbonyl (C=O) groups excluding carboxylic acids is 1. The number of hydrogen-bond donors (Lipinski definition) is 1. The van der Waals surface area contributed by atoms with E-state index in [-0.39, 0.29) is 11.8 Å². The molecule has 4 heteroatoms. The first-order chi connectivity index (χ1) is 11.1. The smallest absolute Gasteiger partial charge is 0.260 e. The van der Waals surface area contributed by atoms with Gasteiger partial charge >= 0.3 is 0 Å². The molecule has 23 heavy (non-hydrogen) atoms. The van der Waals surface area contributed by atoms with E-state index in [0.29, 0.717) is 18.0 Å². The van der Waals surface area contributed by atoms with Crippen molar-refractivity contribution in [2.75, 3.05) is 13.7 Å². The second-order valence-corrected chi connectivity index (χ2v) is 5.47. The first-order valence-electron chi connectivity index (χ1n) is 7.74. The lowest BCUT2D eigenvalue weighted by atomic mass is 10.0. The van der Waals surface area contributed by atoms with E-state index in [0.717, 1.165) is 0 Å². The van der Waals surface area contributed by atoms with Crippen molar-refractivity contribution in [1.29, 1.82) is 0 Å². The molecular formula is C19H23NO3. The molecule has 0 aliphatic rings. The van der Waals surface area contributed by atoms with Crippen LogP contribution >= 0.6 is 0 Å². The molecule has 1 N–H and O–H groups in total. The van der Waals surface area contributed by atoms with Gasteiger partial charge in [0.2, 0.25) is 0 Å². The highest BCUT2D eigenvalue weighted by Gasteiger charge is 2.17. The van der Waals surface area contributed by atoms with Gasteiger partial charge in [0, 0.05) is 6.54 Å². The lowest BCUT2D eigenvalue weighted by Gasteiger charge is -2.18. The van der Waals surface area contributed by atoms with Crippen LogP contribution in [0.25, 0.3) is 0 Å². The van der Waals surface area contributed by atoms with E-state index in [1.54, 1.807) is 26.2 Å². The van der Waals surface area contributed by atoms with E-state index in [9.17, 15) is 4.79 Å². The van der Waals surface area contributed by atoms with Gasteiger partial charge in [-0.05, 0) is 30.5 Å². The molecule has 0 fully saturated rings. The van der Waals surface area contributed by atoms with E-state index in [1.807, 2.05) is 30.3 Å². The number of amides is 1. The van der Waals surface area contributed by atoms with Crippen LogP contribution in [0.5, 0.6) is 11.5 Å². The fraction of sp³-hybridized carbons (Fsp3) is 0.316. The Balaban J connectivity index is 1.88. The first kappa shape index (κ1) is 16.9. The van der Waals surface area contributed by atoms with Gasteiger partial charge in [0.1, 0.15) is 0 Å². The van der Waals surface area contributed by atoms with Crippen LogP contribution in [0, 0.1) is 0 Å². The highest BCUT2D eigenvalue weighted by molar-refractivity contribution is 5.80. The molecule has 2 rings (SSSR count). The van der Waals surface area contributed by atoms with Crippen molar-refractivity contribution in [2.24, 2.45) is 0 Å². The molecule has 0 heterocycles. The Morgan fingerprint density at radius 2 is 1.61 bits per heavy atom. The van der Waals surface area contributed by atoms with Gasteiger partial charge in [-0.3, -0.25) is 4.79 Å². The Morgan fingerprint density at radius 3 is 2.26 bits per heavy atom. The fourth-order valence-corrected chi connectivity index (χ4v) is 2.26. The van der Waals surface area contributed by atoms with E-state index < -0.39 is 6.10 Å². The van der Waals surface area contributed by atoms with Crippen molar-refractivity contribution < 1.29 is 14.3 Å². The number of para-hydroxylation sites is 2. The number of ether oxygens (including phenoxy) is 2. The number of carbonyl (C=O) groups is 1. The van der Waals surface area contributed by atoms with E-state index in [4.69, 9.17) is 9.47 Å². The highest BCUT2D eigenvalue weighted by atomic mass is 16.5. The van der Waals surface area contributed by atoms with Crippen LogP contribution in [0.1, 0.15) is 25.3 Å². The van der Waals surface area contributed by atoms with Gasteiger partial charge in [-0.15, -0.1) is 0 Å². The third-order valence-corrected chi connectivity index (χ3v) is 3.69. The zero-order chi connectivity index (χ0) is 16.7. The zero-order valence-electron chi connectivity index (χ0n) is 13.8. The summed E-state index contributed by atoms with van der Waals surface area (Å²) in [7, 11) is 1.58. The molecule has 0 bridgehead atoms. The first-order valence-corrected chi connectivity index (χ1v) is 7.74. The van der Waals surface area contributed by atoms with Crippen LogP contribution in [0.2, 0.25) is 0 Å². The molecule has 0 radical (unpaired) electrons. The SMILES string of the molecule is COc1ccccc1O[C@@H](C)C(=O)NC[C@H](C)c1ccccc1. The molecule has 122 valence electrons. The molecule has 2 atom stereocenters. The predicted molar refractivity (Wildman–Crippen MR) is 91.0 cm³/mol. The molecule has 0 aliphatic heterocycles. The Bertz CT molecular complexity index is 628. The minimum Gasteiger partial charge on any atom is -0.493 e. The van der Waals surface area contributed by atoms with Crippen LogP contribution in [0.3, 0.4) is 0 Å². The number of benzene rings is 2. The lowest BCUT2D eigenvalue weighted by Crippen LogP contribution is -2.38. The third-order valence-electron chi connectivity index (χ3n) is 3.69. The summed E-state index contributed by atoms with van der Waals surface area (Å²) in [6.45, 7) is 4.39. The van der Waals surface area contributed by atoms with Crippen LogP contribution < -0.4 is 14.8 Å². The monoisotopic (exact) mass is 313 g/mol. The Kier molecular flexibility index (Phi) is 6.03. The van der Waals surface area contributed by atoms with Crippen molar-refractivity contribution in [2.45, 2.75) is 25.9 Å². The zero-order valence-corrected chi connectivity index (χ0v) is 13.8. The van der Waals surface area contributed by atoms with Crippen molar-refractivity contribution in [3.63, 3.8) is 0 Å². The van der Waals surface area contributed by atoms with Crippen LogP contribution in [-0.2, 0) is 4.79 Å². The molecule has 0 aliphatic carbocycles. The molecule has 4 nitrogen and oxygen atoms in total. The maximum absolute atomic E-state index is 12.2. The third kappa shape index (κ3) is 4.74. The maximum atomic E-state index is 12.2. The molecule has 0 unspecified atom stereocenters. The van der Waals surface area contributed by atoms with Crippen LogP contribution in [0.15, 0.2) is 54.6 Å². The summed E-state index contributed by atoms with van der Waals surface area (Å²) in [5.74, 6) is 1.29. The number of methoxy groups -OCH3 is 1. The summed E-state index contributed by atoms with van der Waals surface area (Å²) in [6.07, 6.45) is -0.589. The molecular weight excluding hydrogens is 290 g/mol. The largest absolute Gasteiger partial charge is 0.493 e. The molecule has 0 saturated heterocycles. The average Bonchev–Trinajstić information content (AvgIpc) is 2.60. The summed E-state index contributed by atoms with van der Waals surface area (Å²) in [6, 6.07) is 17.4. The van der Waals surface area contributed by atoms with Crippen molar-refractivity contribution in [3.05, 3.63) is 60.2 Å². The Morgan fingerprint density at radius 1 is 1.00 bits per heavy atom. The van der Waals surface area contributed by atoms with Crippen molar-refractivity contribution in [3.8, 4) is 11.5 Å². The second-order valence-electron chi connectivity index (χ2n) is 5.47. The van der Waals surface area contributed by atoms with Gasteiger partial charge in [-0.2, -0.15) is 0 Å². The molecule has 0 spiro atoms. The summed E-state index contributed by atoms with van der Waals surface area (Å²) >= 11 is 0. The van der Waals surface area contributed by atoms with Crippen molar-refractivity contribution >= 4 is 5.91 Å². The van der Waals surface area contributed by atoms with E-state index >= 15 is 0 Å². The van der Waals surface area contributed by atoms with Gasteiger partial charge in [-0.25, -0.2) is 0 Å². The second kappa shape index (κ2) is 8.22. The maximum Gasteiger partial charge on any atom is 0.260 e. The fourth-order valence-electron chi connectivity index (χ4n) is 2.26. The van der Waals surface area contributed by atoms with Crippen LogP contribution in [0.4, 0.5) is 0 Å². The molecule has 1 amide bonds. The normalized spacial score (nSPS) is 13.0. The number of nitrogens with one attached hydrogen (secondary N) is 1. The van der Waals surface area contributed by atoms with Crippen LogP contribution in [-0.4, -0.2) is 25.7 Å². The summed E-state index contributed by atoms with van der Waals surface area (Å²) in [5.41, 5.74) is 1.20.